The largest absolute Gasteiger partial charge is 0.461 e. The molecule has 9 nitrogen and oxygen atoms in total. The number of nitrogens with zero attached hydrogens (tertiary/aromatic N) is 3. The zero-order valence-electron chi connectivity index (χ0n) is 15.3. The average molecular weight is 403 g/mol. The number of carbonyl (C=O) groups excluding carboxylic acids is 1. The fourth-order valence-electron chi connectivity index (χ4n) is 2.56. The monoisotopic (exact) mass is 403 g/mol. The Morgan fingerprint density at radius 2 is 2.00 bits per heavy atom. The van der Waals surface area contributed by atoms with Crippen molar-refractivity contribution in [2.45, 2.75) is 13.1 Å². The van der Waals surface area contributed by atoms with Crippen LogP contribution in [0.5, 0.6) is 6.01 Å². The van der Waals surface area contributed by atoms with Crippen LogP contribution in [0.4, 0.5) is 0 Å². The number of methoxy groups -OCH3 is 1. The number of rotatable bonds is 9. The molecular formula is C18H21N5O4S. The summed E-state index contributed by atoms with van der Waals surface area (Å²) in [7, 11) is 1.58. The van der Waals surface area contributed by atoms with Gasteiger partial charge < -0.3 is 19.8 Å². The number of carbonyl (C=O) groups is 1. The Balaban J connectivity index is 1.75. The van der Waals surface area contributed by atoms with Crippen LogP contribution >= 0.6 is 12.6 Å². The molecule has 0 aliphatic rings. The van der Waals surface area contributed by atoms with Gasteiger partial charge in [-0.15, -0.1) is 0 Å². The Kier molecular flexibility index (Phi) is 6.66. The third kappa shape index (κ3) is 4.90. The minimum Gasteiger partial charge on any atom is -0.461 e. The zero-order chi connectivity index (χ0) is 19.9. The number of H-pyrrole nitrogens is 1. The van der Waals surface area contributed by atoms with E-state index in [0.29, 0.717) is 37.5 Å². The van der Waals surface area contributed by atoms with Gasteiger partial charge in [-0.25, -0.2) is 9.78 Å². The van der Waals surface area contributed by atoms with Gasteiger partial charge in [-0.05, 0) is 11.1 Å². The lowest BCUT2D eigenvalue weighted by Crippen LogP contribution is -2.23. The van der Waals surface area contributed by atoms with E-state index in [-0.39, 0.29) is 23.4 Å². The van der Waals surface area contributed by atoms with E-state index >= 15 is 0 Å². The molecule has 0 unspecified atom stereocenters. The first-order valence-corrected chi connectivity index (χ1v) is 9.26. The van der Waals surface area contributed by atoms with Crippen LogP contribution in [0.3, 0.4) is 0 Å². The summed E-state index contributed by atoms with van der Waals surface area (Å²) in [5.41, 5.74) is 2.62. The maximum absolute atomic E-state index is 12.3. The van der Waals surface area contributed by atoms with Crippen molar-refractivity contribution in [3.8, 4) is 6.01 Å². The number of benzene rings is 1. The third-order valence-electron chi connectivity index (χ3n) is 4.00. The lowest BCUT2D eigenvalue weighted by molar-refractivity contribution is -0.118. The molecule has 3 rings (SSSR count). The average Bonchev–Trinajstić information content (AvgIpc) is 3.02. The number of amides is 1. The van der Waals surface area contributed by atoms with E-state index in [1.807, 2.05) is 24.3 Å². The standard InChI is InChI=1S/C18H21N5O4S/c1-26-6-7-27-17-20-9-14-16(22-17)23(18(25)21-14)10-13-4-2-12(3-5-13)8-19-15(24)11-28/h2-5,9,28H,6-8,10-11H2,1H3,(H,19,24)(H,21,25). The van der Waals surface area contributed by atoms with E-state index < -0.39 is 0 Å². The topological polar surface area (TPSA) is 111 Å². The predicted octanol–water partition coefficient (Wildman–Crippen LogP) is 0.739. The predicted molar refractivity (Wildman–Crippen MR) is 107 cm³/mol. The minimum absolute atomic E-state index is 0.124. The molecule has 0 spiro atoms. The number of hydrogen-bond acceptors (Lipinski definition) is 7. The number of aromatic nitrogens is 4. The summed E-state index contributed by atoms with van der Waals surface area (Å²) in [4.78, 5) is 34.7. The summed E-state index contributed by atoms with van der Waals surface area (Å²) in [6, 6.07) is 7.81. The van der Waals surface area contributed by atoms with E-state index in [2.05, 4.69) is 32.9 Å². The molecule has 0 fully saturated rings. The molecule has 0 saturated heterocycles. The molecule has 2 heterocycles. The van der Waals surface area contributed by atoms with Crippen LogP contribution in [0.15, 0.2) is 35.3 Å². The van der Waals surface area contributed by atoms with Gasteiger partial charge in [0.2, 0.25) is 5.91 Å². The fourth-order valence-corrected chi connectivity index (χ4v) is 2.68. The molecule has 0 aliphatic carbocycles. The van der Waals surface area contributed by atoms with Crippen LogP contribution in [0.2, 0.25) is 0 Å². The number of nitrogens with one attached hydrogen (secondary N) is 2. The van der Waals surface area contributed by atoms with Crippen molar-refractivity contribution in [3.63, 3.8) is 0 Å². The van der Waals surface area contributed by atoms with Crippen molar-refractivity contribution in [1.29, 1.82) is 0 Å². The van der Waals surface area contributed by atoms with Gasteiger partial charge in [-0.3, -0.25) is 9.36 Å². The molecule has 28 heavy (non-hydrogen) atoms. The molecule has 0 aliphatic heterocycles. The first-order valence-electron chi connectivity index (χ1n) is 8.63. The second-order valence-electron chi connectivity index (χ2n) is 6.00. The summed E-state index contributed by atoms with van der Waals surface area (Å²) >= 11 is 3.92. The third-order valence-corrected chi connectivity index (χ3v) is 4.29. The van der Waals surface area contributed by atoms with Gasteiger partial charge in [0.15, 0.2) is 5.65 Å². The molecule has 1 amide bonds. The molecule has 0 atom stereocenters. The Bertz CT molecular complexity index is 999. The van der Waals surface area contributed by atoms with Crippen molar-refractivity contribution in [2.24, 2.45) is 0 Å². The first kappa shape index (κ1) is 19.9. The van der Waals surface area contributed by atoms with Gasteiger partial charge in [0.25, 0.3) is 0 Å². The summed E-state index contributed by atoms with van der Waals surface area (Å²) in [6.07, 6.45) is 1.52. The van der Waals surface area contributed by atoms with Crippen molar-refractivity contribution in [1.82, 2.24) is 24.8 Å². The van der Waals surface area contributed by atoms with E-state index in [1.54, 1.807) is 7.11 Å². The number of imidazole rings is 1. The van der Waals surface area contributed by atoms with E-state index in [0.717, 1.165) is 11.1 Å². The van der Waals surface area contributed by atoms with Crippen molar-refractivity contribution in [2.75, 3.05) is 26.1 Å². The van der Waals surface area contributed by atoms with Crippen molar-refractivity contribution < 1.29 is 14.3 Å². The smallest absolute Gasteiger partial charge is 0.328 e. The maximum atomic E-state index is 12.3. The zero-order valence-corrected chi connectivity index (χ0v) is 16.2. The van der Waals surface area contributed by atoms with Crippen LogP contribution in [0.1, 0.15) is 11.1 Å². The number of ether oxygens (including phenoxy) is 2. The number of fused-ring (bicyclic) bond motifs is 1. The molecule has 1 aromatic carbocycles. The SMILES string of the molecule is COCCOc1ncc2[nH]c(=O)n(Cc3ccc(CNC(=O)CS)cc3)c2n1. The van der Waals surface area contributed by atoms with Crippen molar-refractivity contribution >= 4 is 29.7 Å². The van der Waals surface area contributed by atoms with Gasteiger partial charge in [0.05, 0.1) is 25.1 Å². The summed E-state index contributed by atoms with van der Waals surface area (Å²) in [6.45, 7) is 1.52. The lowest BCUT2D eigenvalue weighted by Gasteiger charge is -2.07. The number of aromatic amines is 1. The second kappa shape index (κ2) is 9.38. The highest BCUT2D eigenvalue weighted by Gasteiger charge is 2.11. The van der Waals surface area contributed by atoms with Crippen LogP contribution in [0.25, 0.3) is 11.2 Å². The molecule has 2 aromatic heterocycles. The Labute approximate surface area is 166 Å². The molecule has 0 bridgehead atoms. The maximum Gasteiger partial charge on any atom is 0.328 e. The molecule has 3 aromatic rings. The van der Waals surface area contributed by atoms with Gasteiger partial charge in [0, 0.05) is 13.7 Å². The summed E-state index contributed by atoms with van der Waals surface area (Å²) in [5.74, 6) is 0.0293. The van der Waals surface area contributed by atoms with Gasteiger partial charge in [0.1, 0.15) is 12.1 Å². The number of thiol groups is 1. The Morgan fingerprint density at radius 3 is 2.71 bits per heavy atom. The highest BCUT2D eigenvalue weighted by Crippen LogP contribution is 2.13. The van der Waals surface area contributed by atoms with E-state index in [9.17, 15) is 9.59 Å². The first-order chi connectivity index (χ1) is 13.6. The van der Waals surface area contributed by atoms with Crippen LogP contribution in [-0.2, 0) is 22.6 Å². The van der Waals surface area contributed by atoms with Crippen LogP contribution < -0.4 is 15.7 Å². The molecule has 10 heteroatoms. The van der Waals surface area contributed by atoms with E-state index in [4.69, 9.17) is 9.47 Å². The van der Waals surface area contributed by atoms with Gasteiger partial charge >= 0.3 is 11.7 Å². The lowest BCUT2D eigenvalue weighted by atomic mass is 10.1. The summed E-state index contributed by atoms with van der Waals surface area (Å²) < 4.78 is 11.9. The van der Waals surface area contributed by atoms with Gasteiger partial charge in [-0.1, -0.05) is 24.3 Å². The highest BCUT2D eigenvalue weighted by atomic mass is 32.1. The molecular weight excluding hydrogens is 382 g/mol. The van der Waals surface area contributed by atoms with Crippen LogP contribution in [-0.4, -0.2) is 51.5 Å². The quantitative estimate of drug-likeness (QED) is 0.359. The number of hydrogen-bond donors (Lipinski definition) is 3. The van der Waals surface area contributed by atoms with Crippen LogP contribution in [0, 0.1) is 0 Å². The summed E-state index contributed by atoms with van der Waals surface area (Å²) in [5, 5.41) is 2.76. The Hall–Kier alpha value is -2.85. The second-order valence-corrected chi connectivity index (χ2v) is 6.31. The minimum atomic E-state index is -0.275. The molecule has 0 saturated carbocycles. The highest BCUT2D eigenvalue weighted by molar-refractivity contribution is 7.81. The molecule has 0 radical (unpaired) electrons. The molecule has 2 N–H and O–H groups in total. The van der Waals surface area contributed by atoms with Crippen molar-refractivity contribution in [3.05, 3.63) is 52.1 Å². The van der Waals surface area contributed by atoms with Gasteiger partial charge in [-0.2, -0.15) is 17.6 Å². The van der Waals surface area contributed by atoms with E-state index in [1.165, 1.54) is 10.8 Å². The normalized spacial score (nSPS) is 10.9. The fraction of sp³-hybridized carbons (Fsp3) is 0.333. The Morgan fingerprint density at radius 1 is 1.25 bits per heavy atom. The molecule has 148 valence electrons.